The van der Waals surface area contributed by atoms with Crippen molar-refractivity contribution in [1.82, 2.24) is 15.2 Å². The van der Waals surface area contributed by atoms with Gasteiger partial charge in [0.15, 0.2) is 0 Å². The summed E-state index contributed by atoms with van der Waals surface area (Å²) in [4.78, 5) is 0. The van der Waals surface area contributed by atoms with Crippen molar-refractivity contribution in [2.45, 2.75) is 45.6 Å². The van der Waals surface area contributed by atoms with E-state index in [2.05, 4.69) is 31.0 Å². The van der Waals surface area contributed by atoms with Crippen LogP contribution < -0.4 is 11.3 Å². The molecule has 0 saturated heterocycles. The molecule has 1 aromatic rings. The predicted molar refractivity (Wildman–Crippen MR) is 71.5 cm³/mol. The second-order valence-corrected chi connectivity index (χ2v) is 4.56. The zero-order valence-electron chi connectivity index (χ0n) is 11.2. The van der Waals surface area contributed by atoms with Gasteiger partial charge in [0, 0.05) is 18.8 Å². The summed E-state index contributed by atoms with van der Waals surface area (Å²) < 4.78 is 1.93. The van der Waals surface area contributed by atoms with Crippen LogP contribution in [0.25, 0.3) is 0 Å². The maximum Gasteiger partial charge on any atom is 0.0628 e. The lowest BCUT2D eigenvalue weighted by Crippen LogP contribution is -2.37. The number of aryl methyl sites for hydroxylation is 2. The quantitative estimate of drug-likeness (QED) is 0.328. The van der Waals surface area contributed by atoms with Crippen LogP contribution in [-0.4, -0.2) is 15.8 Å². The maximum atomic E-state index is 5.61. The number of hydrogen-bond acceptors (Lipinski definition) is 3. The Morgan fingerprint density at radius 2 is 2.24 bits per heavy atom. The lowest BCUT2D eigenvalue weighted by atomic mass is 10.00. The van der Waals surface area contributed by atoms with Crippen molar-refractivity contribution in [2.75, 3.05) is 0 Å². The lowest BCUT2D eigenvalue weighted by molar-refractivity contribution is 0.476. The van der Waals surface area contributed by atoms with E-state index in [4.69, 9.17) is 5.84 Å². The molecular formula is C13H24N4. The van der Waals surface area contributed by atoms with Crippen molar-refractivity contribution < 1.29 is 0 Å². The number of rotatable bonds is 7. The number of hydrogen-bond donors (Lipinski definition) is 2. The molecule has 17 heavy (non-hydrogen) atoms. The molecule has 1 rings (SSSR count). The van der Waals surface area contributed by atoms with Crippen LogP contribution in [0.15, 0.2) is 12.7 Å². The first-order valence-electron chi connectivity index (χ1n) is 6.16. The molecular weight excluding hydrogens is 212 g/mol. The summed E-state index contributed by atoms with van der Waals surface area (Å²) in [5.41, 5.74) is 6.55. The predicted octanol–water partition coefficient (Wildman–Crippen LogP) is 1.77. The third-order valence-electron chi connectivity index (χ3n) is 3.31. The molecule has 1 unspecified atom stereocenters. The van der Waals surface area contributed by atoms with Gasteiger partial charge in [-0.3, -0.25) is 16.0 Å². The number of nitrogens with two attached hydrogens (primary N) is 1. The Hall–Kier alpha value is -1.13. The Labute approximate surface area is 104 Å². The molecule has 0 saturated carbocycles. The number of allylic oxidation sites excluding steroid dienone is 1. The van der Waals surface area contributed by atoms with Gasteiger partial charge in [0.1, 0.15) is 0 Å². The highest BCUT2D eigenvalue weighted by molar-refractivity contribution is 5.25. The van der Waals surface area contributed by atoms with Gasteiger partial charge in [0.25, 0.3) is 0 Å². The molecule has 1 heterocycles. The van der Waals surface area contributed by atoms with Gasteiger partial charge >= 0.3 is 0 Å². The number of unbranched alkanes of at least 4 members (excludes halogenated alkanes) is 1. The normalized spacial score (nSPS) is 12.7. The Morgan fingerprint density at radius 3 is 2.71 bits per heavy atom. The van der Waals surface area contributed by atoms with E-state index in [1.54, 1.807) is 0 Å². The number of hydrazine groups is 1. The Bertz CT molecular complexity index is 368. The van der Waals surface area contributed by atoms with Crippen LogP contribution in [-0.2, 0) is 13.5 Å². The van der Waals surface area contributed by atoms with Crippen molar-refractivity contribution in [1.29, 1.82) is 0 Å². The third-order valence-corrected chi connectivity index (χ3v) is 3.31. The molecule has 0 aromatic carbocycles. The van der Waals surface area contributed by atoms with Gasteiger partial charge in [-0.05, 0) is 45.1 Å². The molecule has 0 fully saturated rings. The van der Waals surface area contributed by atoms with E-state index in [9.17, 15) is 0 Å². The molecule has 4 heteroatoms. The van der Waals surface area contributed by atoms with Gasteiger partial charge in [-0.15, -0.1) is 6.58 Å². The van der Waals surface area contributed by atoms with E-state index >= 15 is 0 Å². The van der Waals surface area contributed by atoms with Gasteiger partial charge in [-0.1, -0.05) is 6.08 Å². The summed E-state index contributed by atoms with van der Waals surface area (Å²) in [5.74, 6) is 5.61. The SMILES string of the molecule is C=CCCCC(Cc1c(C)nn(C)c1C)NN. The van der Waals surface area contributed by atoms with Crippen LogP contribution in [0.1, 0.15) is 36.2 Å². The summed E-state index contributed by atoms with van der Waals surface area (Å²) >= 11 is 0. The summed E-state index contributed by atoms with van der Waals surface area (Å²) in [6.45, 7) is 7.89. The van der Waals surface area contributed by atoms with Crippen molar-refractivity contribution in [3.05, 3.63) is 29.6 Å². The van der Waals surface area contributed by atoms with Crippen molar-refractivity contribution >= 4 is 0 Å². The molecule has 0 bridgehead atoms. The standard InChI is InChI=1S/C13H24N4/c1-5-6-7-8-12(15-14)9-13-10(2)16-17(4)11(13)3/h5,12,15H,1,6-9,14H2,2-4H3. The fraction of sp³-hybridized carbons (Fsp3) is 0.615. The van der Waals surface area contributed by atoms with E-state index in [0.717, 1.165) is 31.4 Å². The molecule has 1 atom stereocenters. The van der Waals surface area contributed by atoms with Crippen LogP contribution in [0.5, 0.6) is 0 Å². The Balaban J connectivity index is 2.63. The fourth-order valence-corrected chi connectivity index (χ4v) is 2.11. The average Bonchev–Trinajstić information content (AvgIpc) is 2.54. The molecule has 4 nitrogen and oxygen atoms in total. The van der Waals surface area contributed by atoms with Gasteiger partial charge in [0.05, 0.1) is 5.69 Å². The first-order valence-corrected chi connectivity index (χ1v) is 6.16. The minimum absolute atomic E-state index is 0.316. The van der Waals surface area contributed by atoms with Gasteiger partial charge in [-0.25, -0.2) is 0 Å². The summed E-state index contributed by atoms with van der Waals surface area (Å²) in [7, 11) is 1.98. The van der Waals surface area contributed by atoms with E-state index in [1.807, 2.05) is 17.8 Å². The topological polar surface area (TPSA) is 55.9 Å². The van der Waals surface area contributed by atoms with Crippen molar-refractivity contribution in [3.63, 3.8) is 0 Å². The number of nitrogens with one attached hydrogen (secondary N) is 1. The Morgan fingerprint density at radius 1 is 1.53 bits per heavy atom. The van der Waals surface area contributed by atoms with Gasteiger partial charge in [-0.2, -0.15) is 5.10 Å². The molecule has 0 aliphatic carbocycles. The van der Waals surface area contributed by atoms with E-state index < -0.39 is 0 Å². The second-order valence-electron chi connectivity index (χ2n) is 4.56. The number of nitrogens with zero attached hydrogens (tertiary/aromatic N) is 2. The van der Waals surface area contributed by atoms with E-state index in [-0.39, 0.29) is 0 Å². The molecule has 96 valence electrons. The van der Waals surface area contributed by atoms with E-state index in [0.29, 0.717) is 6.04 Å². The van der Waals surface area contributed by atoms with Gasteiger partial charge in [0.2, 0.25) is 0 Å². The Kier molecular flexibility index (Phi) is 5.38. The molecule has 0 aliphatic rings. The van der Waals surface area contributed by atoms with E-state index in [1.165, 1.54) is 11.3 Å². The molecule has 1 aromatic heterocycles. The molecule has 0 amide bonds. The highest BCUT2D eigenvalue weighted by Gasteiger charge is 2.14. The zero-order valence-corrected chi connectivity index (χ0v) is 11.2. The van der Waals surface area contributed by atoms with Crippen LogP contribution in [0.4, 0.5) is 0 Å². The largest absolute Gasteiger partial charge is 0.272 e. The minimum atomic E-state index is 0.316. The lowest BCUT2D eigenvalue weighted by Gasteiger charge is -2.15. The van der Waals surface area contributed by atoms with Crippen LogP contribution >= 0.6 is 0 Å². The van der Waals surface area contributed by atoms with Gasteiger partial charge < -0.3 is 0 Å². The average molecular weight is 236 g/mol. The first kappa shape index (κ1) is 13.9. The molecule has 0 radical (unpaired) electrons. The number of aromatic nitrogens is 2. The summed E-state index contributed by atoms with van der Waals surface area (Å²) in [5, 5.41) is 4.43. The summed E-state index contributed by atoms with van der Waals surface area (Å²) in [6, 6.07) is 0.316. The van der Waals surface area contributed by atoms with Crippen molar-refractivity contribution in [2.24, 2.45) is 12.9 Å². The van der Waals surface area contributed by atoms with Crippen LogP contribution in [0.2, 0.25) is 0 Å². The smallest absolute Gasteiger partial charge is 0.0628 e. The first-order chi connectivity index (χ1) is 8.10. The molecule has 0 spiro atoms. The highest BCUT2D eigenvalue weighted by atomic mass is 15.3. The maximum absolute atomic E-state index is 5.61. The second kappa shape index (κ2) is 6.57. The summed E-state index contributed by atoms with van der Waals surface area (Å²) in [6.07, 6.45) is 6.13. The zero-order chi connectivity index (χ0) is 12.8. The monoisotopic (exact) mass is 236 g/mol. The third kappa shape index (κ3) is 3.68. The molecule has 3 N–H and O–H groups in total. The minimum Gasteiger partial charge on any atom is -0.272 e. The molecule has 0 aliphatic heterocycles. The highest BCUT2D eigenvalue weighted by Crippen LogP contribution is 2.16. The van der Waals surface area contributed by atoms with Crippen LogP contribution in [0.3, 0.4) is 0 Å². The fourth-order valence-electron chi connectivity index (χ4n) is 2.11. The van der Waals surface area contributed by atoms with Crippen molar-refractivity contribution in [3.8, 4) is 0 Å². The van der Waals surface area contributed by atoms with Crippen LogP contribution in [0, 0.1) is 13.8 Å².